The number of nitrogens with zero attached hydrogens (tertiary/aromatic N) is 2. The number of fused-ring (bicyclic) bond motifs is 1. The lowest BCUT2D eigenvalue weighted by atomic mass is 10.1. The van der Waals surface area contributed by atoms with E-state index in [-0.39, 0.29) is 11.6 Å². The molecule has 0 aliphatic carbocycles. The number of esters is 2. The zero-order chi connectivity index (χ0) is 20.8. The quantitative estimate of drug-likeness (QED) is 0.565. The Hall–Kier alpha value is -3.68. The first-order chi connectivity index (χ1) is 14.0. The Morgan fingerprint density at radius 3 is 2.69 bits per heavy atom. The Morgan fingerprint density at radius 2 is 2.00 bits per heavy atom. The first kappa shape index (κ1) is 20.1. The molecule has 150 valence electrons. The molecule has 29 heavy (non-hydrogen) atoms. The highest BCUT2D eigenvalue weighted by atomic mass is 16.5. The van der Waals surface area contributed by atoms with E-state index in [0.717, 1.165) is 17.3 Å². The molecule has 8 heteroatoms. The van der Waals surface area contributed by atoms with Crippen molar-refractivity contribution in [2.75, 3.05) is 26.1 Å². The number of amides is 1. The fourth-order valence-electron chi connectivity index (χ4n) is 3.06. The SMILES string of the molecule is COC(=O)/C=C(/Nc1cccc2c1CN(CCc1ccccn1)C2=O)C(=O)OC. The first-order valence-electron chi connectivity index (χ1n) is 8.99. The molecule has 2 aromatic rings. The molecular formula is C21H21N3O5. The summed E-state index contributed by atoms with van der Waals surface area (Å²) in [7, 11) is 2.43. The zero-order valence-corrected chi connectivity index (χ0v) is 16.2. The topological polar surface area (TPSA) is 97.8 Å². The average molecular weight is 395 g/mol. The number of ether oxygens (including phenoxy) is 2. The van der Waals surface area contributed by atoms with Crippen LogP contribution in [0.15, 0.2) is 54.4 Å². The van der Waals surface area contributed by atoms with Gasteiger partial charge >= 0.3 is 11.9 Å². The summed E-state index contributed by atoms with van der Waals surface area (Å²) in [6.45, 7) is 0.905. The van der Waals surface area contributed by atoms with Gasteiger partial charge in [0.05, 0.1) is 20.3 Å². The second kappa shape index (κ2) is 9.01. The van der Waals surface area contributed by atoms with Crippen LogP contribution in [0.3, 0.4) is 0 Å². The van der Waals surface area contributed by atoms with Crippen LogP contribution >= 0.6 is 0 Å². The molecule has 0 atom stereocenters. The second-order valence-corrected chi connectivity index (χ2v) is 6.33. The Balaban J connectivity index is 1.80. The molecule has 8 nitrogen and oxygen atoms in total. The number of carbonyl (C=O) groups is 3. The van der Waals surface area contributed by atoms with Crippen LogP contribution < -0.4 is 5.32 Å². The third kappa shape index (κ3) is 4.60. The van der Waals surface area contributed by atoms with Gasteiger partial charge in [-0.1, -0.05) is 12.1 Å². The maximum absolute atomic E-state index is 12.8. The summed E-state index contributed by atoms with van der Waals surface area (Å²) in [5.41, 5.74) is 2.68. The van der Waals surface area contributed by atoms with Gasteiger partial charge in [-0.2, -0.15) is 0 Å². The molecule has 1 aromatic heterocycles. The van der Waals surface area contributed by atoms with E-state index >= 15 is 0 Å². The molecular weight excluding hydrogens is 374 g/mol. The molecule has 1 aliphatic heterocycles. The van der Waals surface area contributed by atoms with Gasteiger partial charge in [0.2, 0.25) is 0 Å². The van der Waals surface area contributed by atoms with Gasteiger partial charge in [0, 0.05) is 48.2 Å². The van der Waals surface area contributed by atoms with Gasteiger partial charge in [-0.15, -0.1) is 0 Å². The molecule has 0 fully saturated rings. The summed E-state index contributed by atoms with van der Waals surface area (Å²) in [4.78, 5) is 42.4. The summed E-state index contributed by atoms with van der Waals surface area (Å²) in [6.07, 6.45) is 3.37. The minimum atomic E-state index is -0.718. The maximum Gasteiger partial charge on any atom is 0.354 e. The third-order valence-corrected chi connectivity index (χ3v) is 4.54. The van der Waals surface area contributed by atoms with Crippen LogP contribution in [0.1, 0.15) is 21.6 Å². The van der Waals surface area contributed by atoms with Gasteiger partial charge in [0.25, 0.3) is 5.91 Å². The van der Waals surface area contributed by atoms with Crippen LogP contribution in [0, 0.1) is 0 Å². The minimum Gasteiger partial charge on any atom is -0.466 e. The molecule has 1 amide bonds. The number of carbonyl (C=O) groups excluding carboxylic acids is 3. The van der Waals surface area contributed by atoms with Gasteiger partial charge in [0.15, 0.2) is 0 Å². The molecule has 0 saturated carbocycles. The van der Waals surface area contributed by atoms with Crippen LogP contribution in [0.2, 0.25) is 0 Å². The lowest BCUT2D eigenvalue weighted by Gasteiger charge is -2.16. The normalized spacial score (nSPS) is 13.1. The van der Waals surface area contributed by atoms with E-state index < -0.39 is 11.9 Å². The highest BCUT2D eigenvalue weighted by molar-refractivity contribution is 6.02. The summed E-state index contributed by atoms with van der Waals surface area (Å²) in [5, 5.41) is 2.90. The van der Waals surface area contributed by atoms with E-state index in [0.29, 0.717) is 30.8 Å². The van der Waals surface area contributed by atoms with Gasteiger partial charge in [-0.25, -0.2) is 9.59 Å². The standard InChI is InChI=1S/C21H21N3O5/c1-28-19(25)12-18(21(27)29-2)23-17-8-5-7-15-16(17)13-24(20(15)26)11-9-14-6-3-4-10-22-14/h3-8,10,12,23H,9,11,13H2,1-2H3/b18-12+. The Labute approximate surface area is 168 Å². The van der Waals surface area contributed by atoms with E-state index in [1.165, 1.54) is 14.2 Å². The minimum absolute atomic E-state index is 0.0767. The summed E-state index contributed by atoms with van der Waals surface area (Å²) in [6, 6.07) is 10.9. The molecule has 1 aromatic carbocycles. The third-order valence-electron chi connectivity index (χ3n) is 4.54. The number of hydrogen-bond donors (Lipinski definition) is 1. The summed E-state index contributed by atoms with van der Waals surface area (Å²) in [5.74, 6) is -1.50. The smallest absolute Gasteiger partial charge is 0.354 e. The van der Waals surface area contributed by atoms with Gasteiger partial charge in [0.1, 0.15) is 5.70 Å². The number of hydrogen-bond acceptors (Lipinski definition) is 7. The Morgan fingerprint density at radius 1 is 1.17 bits per heavy atom. The van der Waals surface area contributed by atoms with Crippen molar-refractivity contribution >= 4 is 23.5 Å². The van der Waals surface area contributed by atoms with Gasteiger partial charge < -0.3 is 19.7 Å². The predicted octanol–water partition coefficient (Wildman–Crippen LogP) is 1.92. The Kier molecular flexibility index (Phi) is 6.23. The van der Waals surface area contributed by atoms with E-state index in [4.69, 9.17) is 4.74 Å². The molecule has 3 rings (SSSR count). The number of pyridine rings is 1. The second-order valence-electron chi connectivity index (χ2n) is 6.33. The van der Waals surface area contributed by atoms with Crippen LogP contribution in [0.4, 0.5) is 5.69 Å². The van der Waals surface area contributed by atoms with Gasteiger partial charge in [-0.05, 0) is 24.3 Å². The molecule has 0 spiro atoms. The highest BCUT2D eigenvalue weighted by Gasteiger charge is 2.29. The number of benzene rings is 1. The van der Waals surface area contributed by atoms with Crippen molar-refractivity contribution in [1.82, 2.24) is 9.88 Å². The van der Waals surface area contributed by atoms with Crippen molar-refractivity contribution in [1.29, 1.82) is 0 Å². The van der Waals surface area contributed by atoms with E-state index in [1.54, 1.807) is 29.3 Å². The van der Waals surface area contributed by atoms with E-state index in [9.17, 15) is 14.4 Å². The fraction of sp³-hybridized carbons (Fsp3) is 0.238. The highest BCUT2D eigenvalue weighted by Crippen LogP contribution is 2.30. The predicted molar refractivity (Wildman–Crippen MR) is 105 cm³/mol. The van der Waals surface area contributed by atoms with E-state index in [1.807, 2.05) is 18.2 Å². The largest absolute Gasteiger partial charge is 0.466 e. The lowest BCUT2D eigenvalue weighted by Crippen LogP contribution is -2.26. The number of aromatic nitrogens is 1. The van der Waals surface area contributed by atoms with Crippen molar-refractivity contribution in [3.05, 3.63) is 71.2 Å². The molecule has 0 bridgehead atoms. The molecule has 1 aliphatic rings. The van der Waals surface area contributed by atoms with Crippen LogP contribution in [0.5, 0.6) is 0 Å². The van der Waals surface area contributed by atoms with Crippen molar-refractivity contribution in [3.63, 3.8) is 0 Å². The summed E-state index contributed by atoms with van der Waals surface area (Å²) < 4.78 is 9.30. The first-order valence-corrected chi connectivity index (χ1v) is 8.99. The number of nitrogens with one attached hydrogen (secondary N) is 1. The zero-order valence-electron chi connectivity index (χ0n) is 16.2. The summed E-state index contributed by atoms with van der Waals surface area (Å²) >= 11 is 0. The van der Waals surface area contributed by atoms with Crippen molar-refractivity contribution in [2.45, 2.75) is 13.0 Å². The maximum atomic E-state index is 12.8. The number of anilines is 1. The van der Waals surface area contributed by atoms with E-state index in [2.05, 4.69) is 15.0 Å². The molecule has 0 saturated heterocycles. The number of rotatable bonds is 7. The van der Waals surface area contributed by atoms with Crippen LogP contribution in [-0.2, 0) is 32.0 Å². The van der Waals surface area contributed by atoms with Gasteiger partial charge in [-0.3, -0.25) is 9.78 Å². The monoisotopic (exact) mass is 395 g/mol. The van der Waals surface area contributed by atoms with Crippen LogP contribution in [-0.4, -0.2) is 48.5 Å². The average Bonchev–Trinajstić information content (AvgIpc) is 3.08. The molecule has 2 heterocycles. The van der Waals surface area contributed by atoms with Crippen molar-refractivity contribution in [3.8, 4) is 0 Å². The van der Waals surface area contributed by atoms with Crippen molar-refractivity contribution < 1.29 is 23.9 Å². The number of methoxy groups -OCH3 is 2. The molecule has 0 radical (unpaired) electrons. The fourth-order valence-corrected chi connectivity index (χ4v) is 3.06. The Bertz CT molecular complexity index is 956. The molecule has 0 unspecified atom stereocenters. The molecule has 1 N–H and O–H groups in total. The lowest BCUT2D eigenvalue weighted by molar-refractivity contribution is -0.138. The van der Waals surface area contributed by atoms with Crippen LogP contribution in [0.25, 0.3) is 0 Å². The van der Waals surface area contributed by atoms with Crippen molar-refractivity contribution in [2.24, 2.45) is 0 Å².